The number of anilines is 2. The van der Waals surface area contributed by atoms with E-state index < -0.39 is 10.0 Å². The number of aromatic nitrogens is 1. The second-order valence-electron chi connectivity index (χ2n) is 7.35. The Bertz CT molecular complexity index is 1270. The Balaban J connectivity index is 1.50. The standard InChI is InChI=1S/C21H20ClN3O4S2/c1-12-3-8-17(16(22)11-12)25-31(27,28)19-10-7-15(30-19)6-9-18-20(13(2)24-29-18)23-21(26)14-4-5-14/h3,6-11,14,25H,4-5H2,1-2H3,(H,23,26). The number of hydrogen-bond donors (Lipinski definition) is 2. The smallest absolute Gasteiger partial charge is 0.271 e. The van der Waals surface area contributed by atoms with Crippen LogP contribution in [0.5, 0.6) is 0 Å². The lowest BCUT2D eigenvalue weighted by atomic mass is 10.2. The van der Waals surface area contributed by atoms with Gasteiger partial charge in [-0.1, -0.05) is 22.8 Å². The minimum absolute atomic E-state index is 0.0358. The van der Waals surface area contributed by atoms with Crippen molar-refractivity contribution in [2.24, 2.45) is 5.92 Å². The molecule has 0 saturated heterocycles. The fourth-order valence-electron chi connectivity index (χ4n) is 2.85. The van der Waals surface area contributed by atoms with Gasteiger partial charge in [-0.3, -0.25) is 9.52 Å². The second kappa shape index (κ2) is 8.49. The average molecular weight is 478 g/mol. The number of rotatable bonds is 7. The van der Waals surface area contributed by atoms with E-state index in [1.54, 1.807) is 43.3 Å². The van der Waals surface area contributed by atoms with Crippen LogP contribution in [0.1, 0.15) is 34.7 Å². The molecule has 0 radical (unpaired) electrons. The van der Waals surface area contributed by atoms with Gasteiger partial charge in [0.05, 0.1) is 10.7 Å². The predicted octanol–water partition coefficient (Wildman–Crippen LogP) is 5.33. The van der Waals surface area contributed by atoms with Crippen LogP contribution in [0.15, 0.2) is 39.1 Å². The van der Waals surface area contributed by atoms with Crippen molar-refractivity contribution in [2.45, 2.75) is 30.9 Å². The van der Waals surface area contributed by atoms with E-state index in [1.807, 2.05) is 6.92 Å². The number of amides is 1. The van der Waals surface area contributed by atoms with Crippen molar-refractivity contribution in [2.75, 3.05) is 10.0 Å². The van der Waals surface area contributed by atoms with Crippen LogP contribution in [-0.2, 0) is 14.8 Å². The number of thiophene rings is 1. The first-order valence-corrected chi connectivity index (χ1v) is 12.2. The molecule has 3 aromatic rings. The van der Waals surface area contributed by atoms with Crippen molar-refractivity contribution >= 4 is 62.4 Å². The molecule has 1 aliphatic carbocycles. The van der Waals surface area contributed by atoms with Gasteiger partial charge in [0.2, 0.25) is 5.91 Å². The Hall–Kier alpha value is -2.62. The Morgan fingerprint density at radius 2 is 2.00 bits per heavy atom. The SMILES string of the molecule is Cc1ccc(NS(=O)(=O)c2ccc(C=Cc3onc(C)c3NC(=O)C3CC3)s2)c(Cl)c1. The zero-order valence-corrected chi connectivity index (χ0v) is 19.2. The third kappa shape index (κ3) is 5.00. The van der Waals surface area contributed by atoms with Gasteiger partial charge in [-0.2, -0.15) is 0 Å². The maximum Gasteiger partial charge on any atom is 0.271 e. The molecular formula is C21H20ClN3O4S2. The van der Waals surface area contributed by atoms with Gasteiger partial charge in [0, 0.05) is 10.8 Å². The van der Waals surface area contributed by atoms with Crippen LogP contribution in [0, 0.1) is 19.8 Å². The summed E-state index contributed by atoms with van der Waals surface area (Å²) in [4.78, 5) is 12.8. The highest BCUT2D eigenvalue weighted by Crippen LogP contribution is 2.33. The van der Waals surface area contributed by atoms with Gasteiger partial charge >= 0.3 is 0 Å². The summed E-state index contributed by atoms with van der Waals surface area (Å²) in [6, 6.07) is 8.33. The summed E-state index contributed by atoms with van der Waals surface area (Å²) in [5.41, 5.74) is 2.38. The quantitative estimate of drug-likeness (QED) is 0.479. The highest BCUT2D eigenvalue weighted by atomic mass is 35.5. The third-order valence-electron chi connectivity index (χ3n) is 4.72. The number of aryl methyl sites for hydroxylation is 2. The first-order valence-electron chi connectivity index (χ1n) is 9.57. The molecule has 1 amide bonds. The summed E-state index contributed by atoms with van der Waals surface area (Å²) < 4.78 is 33.4. The summed E-state index contributed by atoms with van der Waals surface area (Å²) >= 11 is 7.24. The zero-order valence-electron chi connectivity index (χ0n) is 16.8. The van der Waals surface area contributed by atoms with Crippen LogP contribution in [0.4, 0.5) is 11.4 Å². The maximum absolute atomic E-state index is 12.7. The first-order chi connectivity index (χ1) is 14.7. The zero-order chi connectivity index (χ0) is 22.2. The molecule has 0 aliphatic heterocycles. The summed E-state index contributed by atoms with van der Waals surface area (Å²) in [6.45, 7) is 3.63. The molecule has 2 N–H and O–H groups in total. The van der Waals surface area contributed by atoms with E-state index in [4.69, 9.17) is 16.1 Å². The second-order valence-corrected chi connectivity index (χ2v) is 10.8. The van der Waals surface area contributed by atoms with Crippen molar-refractivity contribution in [3.05, 3.63) is 57.2 Å². The van der Waals surface area contributed by atoms with E-state index in [2.05, 4.69) is 15.2 Å². The molecule has 0 atom stereocenters. The number of nitrogens with zero attached hydrogens (tertiary/aromatic N) is 1. The Morgan fingerprint density at radius 3 is 2.71 bits per heavy atom. The van der Waals surface area contributed by atoms with Crippen LogP contribution in [-0.4, -0.2) is 19.5 Å². The van der Waals surface area contributed by atoms with Crippen molar-refractivity contribution in [3.8, 4) is 0 Å². The summed E-state index contributed by atoms with van der Waals surface area (Å²) in [6.07, 6.45) is 5.18. The van der Waals surface area contributed by atoms with E-state index in [0.717, 1.165) is 29.7 Å². The Labute approximate surface area is 189 Å². The van der Waals surface area contributed by atoms with E-state index in [9.17, 15) is 13.2 Å². The summed E-state index contributed by atoms with van der Waals surface area (Å²) in [5, 5.41) is 7.11. The lowest BCUT2D eigenvalue weighted by Gasteiger charge is -2.08. The van der Waals surface area contributed by atoms with E-state index in [0.29, 0.717) is 32.7 Å². The first kappa shape index (κ1) is 21.6. The number of halogens is 1. The molecule has 2 aromatic heterocycles. The monoisotopic (exact) mass is 477 g/mol. The minimum Gasteiger partial charge on any atom is -0.354 e. The molecule has 1 fully saturated rings. The normalized spacial score (nSPS) is 14.2. The topological polar surface area (TPSA) is 101 Å². The molecule has 1 aliphatic rings. The number of benzene rings is 1. The molecule has 31 heavy (non-hydrogen) atoms. The van der Waals surface area contributed by atoms with E-state index in [-0.39, 0.29) is 16.0 Å². The minimum atomic E-state index is -3.78. The van der Waals surface area contributed by atoms with Gasteiger partial charge in [-0.05, 0) is 68.7 Å². The molecule has 0 bridgehead atoms. The molecule has 1 aromatic carbocycles. The van der Waals surface area contributed by atoms with Gasteiger partial charge in [0.1, 0.15) is 15.6 Å². The predicted molar refractivity (Wildman–Crippen MR) is 123 cm³/mol. The van der Waals surface area contributed by atoms with E-state index in [1.165, 1.54) is 6.07 Å². The molecule has 162 valence electrons. The lowest BCUT2D eigenvalue weighted by Crippen LogP contribution is -2.14. The highest BCUT2D eigenvalue weighted by molar-refractivity contribution is 7.94. The molecule has 4 rings (SSSR count). The number of nitrogens with one attached hydrogen (secondary N) is 2. The maximum atomic E-state index is 12.7. The number of hydrogen-bond acceptors (Lipinski definition) is 6. The van der Waals surface area contributed by atoms with Gasteiger partial charge in [0.25, 0.3) is 10.0 Å². The largest absolute Gasteiger partial charge is 0.354 e. The number of sulfonamides is 1. The van der Waals surface area contributed by atoms with Crippen LogP contribution in [0.25, 0.3) is 12.2 Å². The highest BCUT2D eigenvalue weighted by Gasteiger charge is 2.30. The van der Waals surface area contributed by atoms with Gasteiger partial charge in [-0.25, -0.2) is 8.42 Å². The van der Waals surface area contributed by atoms with Crippen molar-refractivity contribution in [1.82, 2.24) is 5.16 Å². The van der Waals surface area contributed by atoms with Gasteiger partial charge < -0.3 is 9.84 Å². The van der Waals surface area contributed by atoms with Gasteiger partial charge in [-0.15, -0.1) is 11.3 Å². The van der Waals surface area contributed by atoms with Crippen LogP contribution in [0.3, 0.4) is 0 Å². The molecule has 10 heteroatoms. The van der Waals surface area contributed by atoms with Crippen LogP contribution in [0.2, 0.25) is 5.02 Å². The van der Waals surface area contributed by atoms with Crippen LogP contribution < -0.4 is 10.0 Å². The molecule has 2 heterocycles. The molecule has 0 unspecified atom stereocenters. The molecule has 7 nitrogen and oxygen atoms in total. The molecule has 1 saturated carbocycles. The number of carbonyl (C=O) groups is 1. The molecule has 0 spiro atoms. The third-order valence-corrected chi connectivity index (χ3v) is 7.94. The van der Waals surface area contributed by atoms with Gasteiger partial charge in [0.15, 0.2) is 5.76 Å². The van der Waals surface area contributed by atoms with E-state index >= 15 is 0 Å². The number of carbonyl (C=O) groups excluding carboxylic acids is 1. The summed E-state index contributed by atoms with van der Waals surface area (Å²) in [5.74, 6) is 0.436. The molecular weight excluding hydrogens is 458 g/mol. The average Bonchev–Trinajstić information content (AvgIpc) is 3.36. The fourth-order valence-corrected chi connectivity index (χ4v) is 5.49. The van der Waals surface area contributed by atoms with Crippen molar-refractivity contribution < 1.29 is 17.7 Å². The lowest BCUT2D eigenvalue weighted by molar-refractivity contribution is -0.117. The Morgan fingerprint density at radius 1 is 1.23 bits per heavy atom. The van der Waals surface area contributed by atoms with Crippen molar-refractivity contribution in [1.29, 1.82) is 0 Å². The fraction of sp³-hybridized carbons (Fsp3) is 0.238. The summed E-state index contributed by atoms with van der Waals surface area (Å²) in [7, 11) is -3.78. The van der Waals surface area contributed by atoms with Crippen LogP contribution >= 0.6 is 22.9 Å². The Kier molecular flexibility index (Phi) is 5.92. The van der Waals surface area contributed by atoms with Crippen molar-refractivity contribution in [3.63, 3.8) is 0 Å².